The van der Waals surface area contributed by atoms with Crippen molar-refractivity contribution in [3.8, 4) is 0 Å². The molecule has 118 valence electrons. The van der Waals surface area contributed by atoms with E-state index in [1.165, 1.54) is 0 Å². The third-order valence-electron chi connectivity index (χ3n) is 3.82. The number of ether oxygens (including phenoxy) is 1. The van der Waals surface area contributed by atoms with Crippen molar-refractivity contribution >= 4 is 57.9 Å². The first kappa shape index (κ1) is 21.2. The molecule has 1 rings (SSSR count). The van der Waals surface area contributed by atoms with Crippen molar-refractivity contribution in [3.05, 3.63) is 0 Å². The van der Waals surface area contributed by atoms with Gasteiger partial charge >= 0.3 is 12.1 Å². The van der Waals surface area contributed by atoms with Crippen LogP contribution >= 0.6 is 0 Å². The van der Waals surface area contributed by atoms with Gasteiger partial charge in [0, 0.05) is 52.4 Å². The summed E-state index contributed by atoms with van der Waals surface area (Å²) in [6.07, 6.45) is 2.82. The fourth-order valence-electron chi connectivity index (χ4n) is 2.34. The summed E-state index contributed by atoms with van der Waals surface area (Å²) in [5.41, 5.74) is 0. The van der Waals surface area contributed by atoms with Gasteiger partial charge in [0.1, 0.15) is 0 Å². The summed E-state index contributed by atoms with van der Waals surface area (Å²) in [6, 6.07) is 0.976. The van der Waals surface area contributed by atoms with E-state index in [4.69, 9.17) is 9.84 Å². The Morgan fingerprint density at radius 1 is 1.19 bits per heavy atom. The molecule has 21 heavy (non-hydrogen) atoms. The van der Waals surface area contributed by atoms with Crippen LogP contribution in [0.5, 0.6) is 0 Å². The molecule has 0 bridgehead atoms. The Morgan fingerprint density at radius 3 is 2.24 bits per heavy atom. The van der Waals surface area contributed by atoms with Gasteiger partial charge in [-0.2, -0.15) is 0 Å². The second-order valence-electron chi connectivity index (χ2n) is 6.88. The maximum Gasteiger partial charge on any atom is 0.407 e. The quantitative estimate of drug-likeness (QED) is 0.728. The molecular weight excluding hydrogens is 314 g/mol. The smallest absolute Gasteiger partial charge is 0.407 e. The summed E-state index contributed by atoms with van der Waals surface area (Å²) in [6.45, 7) is 7.82. The first-order chi connectivity index (χ1) is 9.28. The Hall–Kier alpha value is 0.217. The van der Waals surface area contributed by atoms with Crippen molar-refractivity contribution in [1.29, 1.82) is 0 Å². The van der Waals surface area contributed by atoms with E-state index in [0.29, 0.717) is 31.9 Å². The normalized spacial score (nSPS) is 22.0. The Balaban J connectivity index is 0.00000400. The van der Waals surface area contributed by atoms with Gasteiger partial charge in [-0.05, 0) is 37.6 Å². The topological polar surface area (TPSA) is 75.6 Å². The molecule has 0 aromatic carbocycles. The van der Waals surface area contributed by atoms with E-state index in [-0.39, 0.29) is 49.7 Å². The van der Waals surface area contributed by atoms with Crippen molar-refractivity contribution in [2.24, 2.45) is 11.8 Å². The molecule has 2 N–H and O–H groups in total. The predicted molar refractivity (Wildman–Crippen MR) is 86.3 cm³/mol. The largest absolute Gasteiger partial charge is 0.481 e. The summed E-state index contributed by atoms with van der Waals surface area (Å²) >= 11 is 0. The average Bonchev–Trinajstić information content (AvgIpc) is 2.35. The van der Waals surface area contributed by atoms with E-state index in [2.05, 4.69) is 25.0 Å². The van der Waals surface area contributed by atoms with Gasteiger partial charge in [-0.15, -0.1) is 0 Å². The Kier molecular flexibility index (Phi) is 10.2. The standard InChI is InChI=1S/C14H27NO4Si.Ca/c1-20(2,3)9-8-19-14(18)15-10-11-4-6-12(7-5-11)13(16)17;/h11-12H,4-10H2,1-3H3,(H,15,18)(H,16,17);/t11-,12-;. The van der Waals surface area contributed by atoms with E-state index in [9.17, 15) is 9.59 Å². The number of carbonyl (C=O) groups excluding carboxylic acids is 1. The second kappa shape index (κ2) is 10.1. The number of carbonyl (C=O) groups is 2. The van der Waals surface area contributed by atoms with Gasteiger partial charge in [-0.1, -0.05) is 19.6 Å². The minimum absolute atomic E-state index is 0. The van der Waals surface area contributed by atoms with Gasteiger partial charge in [-0.25, -0.2) is 4.79 Å². The number of hydrogen-bond acceptors (Lipinski definition) is 3. The van der Waals surface area contributed by atoms with Gasteiger partial charge in [0.25, 0.3) is 0 Å². The Bertz CT molecular complexity index is 338. The molecule has 0 aromatic heterocycles. The van der Waals surface area contributed by atoms with Gasteiger partial charge < -0.3 is 15.2 Å². The molecule has 1 aliphatic rings. The SMILES string of the molecule is C[Si](C)(C)CCOC(=O)NC[C@H]1CC[C@H](C(=O)O)CC1.[Ca]. The summed E-state index contributed by atoms with van der Waals surface area (Å²) in [7, 11) is -1.16. The molecule has 0 unspecified atom stereocenters. The fraction of sp³-hybridized carbons (Fsp3) is 0.857. The van der Waals surface area contributed by atoms with Crippen LogP contribution in [0.1, 0.15) is 25.7 Å². The third-order valence-corrected chi connectivity index (χ3v) is 5.52. The van der Waals surface area contributed by atoms with Gasteiger partial charge in [0.15, 0.2) is 0 Å². The number of amides is 1. The zero-order chi connectivity index (χ0) is 15.2. The number of carboxylic acid groups (broad SMARTS) is 1. The van der Waals surface area contributed by atoms with E-state index < -0.39 is 14.0 Å². The number of carboxylic acids is 1. The number of aliphatic carboxylic acids is 1. The van der Waals surface area contributed by atoms with Crippen LogP contribution in [-0.4, -0.2) is 76.1 Å². The van der Waals surface area contributed by atoms with E-state index in [1.54, 1.807) is 0 Å². The van der Waals surface area contributed by atoms with Gasteiger partial charge in [0.05, 0.1) is 12.5 Å². The molecule has 0 spiro atoms. The summed E-state index contributed by atoms with van der Waals surface area (Å²) in [5, 5.41) is 11.7. The first-order valence-corrected chi connectivity index (χ1v) is 11.1. The molecule has 1 saturated carbocycles. The van der Waals surface area contributed by atoms with Crippen LogP contribution in [0.3, 0.4) is 0 Å². The Labute approximate surface area is 158 Å². The van der Waals surface area contributed by atoms with Crippen molar-refractivity contribution in [3.63, 3.8) is 0 Å². The zero-order valence-electron chi connectivity index (χ0n) is 13.5. The third kappa shape index (κ3) is 9.76. The van der Waals surface area contributed by atoms with Crippen molar-refractivity contribution in [2.45, 2.75) is 51.4 Å². The fourth-order valence-corrected chi connectivity index (χ4v) is 3.06. The van der Waals surface area contributed by atoms with Crippen LogP contribution in [0.25, 0.3) is 0 Å². The Morgan fingerprint density at radius 2 is 1.76 bits per heavy atom. The molecule has 0 aromatic rings. The molecule has 1 amide bonds. The van der Waals surface area contributed by atoms with E-state index in [1.807, 2.05) is 0 Å². The minimum atomic E-state index is -1.16. The first-order valence-electron chi connectivity index (χ1n) is 7.41. The molecule has 7 heteroatoms. The van der Waals surface area contributed by atoms with Gasteiger partial charge in [-0.3, -0.25) is 4.79 Å². The van der Waals surface area contributed by atoms with Crippen LogP contribution < -0.4 is 5.32 Å². The van der Waals surface area contributed by atoms with Crippen molar-refractivity contribution in [1.82, 2.24) is 5.32 Å². The molecule has 0 heterocycles. The maximum atomic E-state index is 11.5. The van der Waals surface area contributed by atoms with Crippen LogP contribution in [0.4, 0.5) is 4.79 Å². The average molecular weight is 342 g/mol. The molecule has 0 aliphatic heterocycles. The molecule has 1 aliphatic carbocycles. The molecule has 1 fully saturated rings. The van der Waals surface area contributed by atoms with E-state index >= 15 is 0 Å². The molecule has 0 atom stereocenters. The molecule has 2 radical (unpaired) electrons. The maximum absolute atomic E-state index is 11.5. The van der Waals surface area contributed by atoms with Crippen LogP contribution in [-0.2, 0) is 9.53 Å². The van der Waals surface area contributed by atoms with Crippen LogP contribution in [0.2, 0.25) is 25.7 Å². The number of alkyl carbamates (subject to hydrolysis) is 1. The summed E-state index contributed by atoms with van der Waals surface area (Å²) in [4.78, 5) is 22.4. The molecule has 5 nitrogen and oxygen atoms in total. The monoisotopic (exact) mass is 341 g/mol. The molecule has 0 saturated heterocycles. The number of hydrogen-bond donors (Lipinski definition) is 2. The van der Waals surface area contributed by atoms with Crippen LogP contribution in [0.15, 0.2) is 0 Å². The number of rotatable bonds is 6. The summed E-state index contributed by atoms with van der Waals surface area (Å²) < 4.78 is 5.16. The second-order valence-corrected chi connectivity index (χ2v) is 12.5. The van der Waals surface area contributed by atoms with Crippen LogP contribution in [0, 0.1) is 11.8 Å². The minimum Gasteiger partial charge on any atom is -0.481 e. The van der Waals surface area contributed by atoms with Crippen molar-refractivity contribution in [2.75, 3.05) is 13.2 Å². The predicted octanol–water partition coefficient (Wildman–Crippen LogP) is 2.56. The molecular formula is C14H27CaNO4Si. The van der Waals surface area contributed by atoms with E-state index in [0.717, 1.165) is 18.9 Å². The van der Waals surface area contributed by atoms with Crippen molar-refractivity contribution < 1.29 is 19.4 Å². The summed E-state index contributed by atoms with van der Waals surface area (Å²) in [5.74, 6) is -0.507. The zero-order valence-corrected chi connectivity index (χ0v) is 16.7. The van der Waals surface area contributed by atoms with Gasteiger partial charge in [0.2, 0.25) is 0 Å². The number of nitrogens with one attached hydrogen (secondary N) is 1.